The molecule has 2 rings (SSSR count). The molecule has 3 radical (unpaired) electrons. The molecule has 14 heavy (non-hydrogen) atoms. The Balaban J connectivity index is 2.84. The van der Waals surface area contributed by atoms with Gasteiger partial charge in [0, 0.05) is 25.2 Å². The van der Waals surface area contributed by atoms with Gasteiger partial charge in [-0.05, 0) is 11.5 Å². The van der Waals surface area contributed by atoms with Gasteiger partial charge in [-0.2, -0.15) is 0 Å². The molecule has 1 nitrogen and oxygen atoms in total. The van der Waals surface area contributed by atoms with Gasteiger partial charge in [-0.15, -0.1) is 0 Å². The Bertz CT molecular complexity index is 458. The summed E-state index contributed by atoms with van der Waals surface area (Å²) in [6.07, 6.45) is 0. The van der Waals surface area contributed by atoms with Crippen LogP contribution in [0.5, 0.6) is 0 Å². The first-order chi connectivity index (χ1) is 6.70. The highest BCUT2D eigenvalue weighted by molar-refractivity contribution is 6.40. The highest BCUT2D eigenvalue weighted by atomic mass is 28.1. The fourth-order valence-electron chi connectivity index (χ4n) is 1.69. The first-order valence-electron chi connectivity index (χ1n) is 4.61. The van der Waals surface area contributed by atoms with E-state index in [0.717, 1.165) is 5.19 Å². The summed E-state index contributed by atoms with van der Waals surface area (Å²) in [5, 5.41) is 3.69. The second-order valence-electron chi connectivity index (χ2n) is 3.58. The van der Waals surface area contributed by atoms with Crippen LogP contribution in [0.1, 0.15) is 0 Å². The van der Waals surface area contributed by atoms with Crippen molar-refractivity contribution in [3.63, 3.8) is 0 Å². The minimum absolute atomic E-state index is 1.15. The monoisotopic (exact) mass is 198 g/mol. The molecule has 0 saturated carbocycles. The van der Waals surface area contributed by atoms with E-state index in [4.69, 9.17) is 0 Å². The topological polar surface area (TPSA) is 3.24 Å². The van der Waals surface area contributed by atoms with E-state index < -0.39 is 0 Å². The largest absolute Gasteiger partial charge is 0.377 e. The van der Waals surface area contributed by atoms with Crippen molar-refractivity contribution in [1.29, 1.82) is 0 Å². The van der Waals surface area contributed by atoms with Crippen LogP contribution >= 0.6 is 0 Å². The van der Waals surface area contributed by atoms with Crippen LogP contribution in [0.2, 0.25) is 0 Å². The zero-order chi connectivity index (χ0) is 10.1. The summed E-state index contributed by atoms with van der Waals surface area (Å²) in [5.74, 6) is 0. The molecular weight excluding hydrogens is 186 g/mol. The van der Waals surface area contributed by atoms with Crippen LogP contribution in [0.4, 0.5) is 5.69 Å². The van der Waals surface area contributed by atoms with Crippen molar-refractivity contribution in [2.45, 2.75) is 0 Å². The Labute approximate surface area is 87.8 Å². The average Bonchev–Trinajstić information content (AvgIpc) is 2.17. The van der Waals surface area contributed by atoms with Gasteiger partial charge in [0.05, 0.1) is 10.2 Å². The van der Waals surface area contributed by atoms with Crippen molar-refractivity contribution in [3.05, 3.63) is 36.4 Å². The Morgan fingerprint density at radius 2 is 1.64 bits per heavy atom. The van der Waals surface area contributed by atoms with E-state index in [9.17, 15) is 0 Å². The highest BCUT2D eigenvalue weighted by Gasteiger charge is 2.03. The molecule has 0 aromatic heterocycles. The van der Waals surface area contributed by atoms with Gasteiger partial charge in [-0.25, -0.2) is 0 Å². The van der Waals surface area contributed by atoms with Crippen molar-refractivity contribution >= 4 is 31.9 Å². The van der Waals surface area contributed by atoms with Crippen LogP contribution in [0.15, 0.2) is 36.4 Å². The number of hydrogen-bond donors (Lipinski definition) is 0. The predicted octanol–water partition coefficient (Wildman–Crippen LogP) is 1.70. The van der Waals surface area contributed by atoms with Gasteiger partial charge in [0.1, 0.15) is 0 Å². The molecule has 0 aliphatic carbocycles. The lowest BCUT2D eigenvalue weighted by molar-refractivity contribution is 1.14. The Kier molecular flexibility index (Phi) is 2.29. The van der Waals surface area contributed by atoms with Crippen LogP contribution < -0.4 is 10.1 Å². The quantitative estimate of drug-likeness (QED) is 0.630. The summed E-state index contributed by atoms with van der Waals surface area (Å²) in [5.41, 5.74) is 1.24. The number of benzene rings is 2. The average molecular weight is 198 g/mol. The minimum atomic E-state index is 1.15. The molecule has 0 atom stereocenters. The second kappa shape index (κ2) is 3.46. The number of rotatable bonds is 1. The molecular formula is C12H12NSi. The predicted molar refractivity (Wildman–Crippen MR) is 63.7 cm³/mol. The van der Waals surface area contributed by atoms with Crippen LogP contribution in [-0.4, -0.2) is 24.3 Å². The van der Waals surface area contributed by atoms with Crippen molar-refractivity contribution in [2.75, 3.05) is 19.0 Å². The zero-order valence-corrected chi connectivity index (χ0v) is 9.41. The third-order valence-corrected chi connectivity index (χ3v) is 2.78. The van der Waals surface area contributed by atoms with E-state index in [1.807, 2.05) is 0 Å². The van der Waals surface area contributed by atoms with Gasteiger partial charge in [0.15, 0.2) is 0 Å². The van der Waals surface area contributed by atoms with Crippen LogP contribution in [0.25, 0.3) is 10.8 Å². The highest BCUT2D eigenvalue weighted by Crippen LogP contribution is 2.22. The van der Waals surface area contributed by atoms with Crippen molar-refractivity contribution in [2.24, 2.45) is 0 Å². The van der Waals surface area contributed by atoms with E-state index in [1.54, 1.807) is 0 Å². The molecule has 0 aliphatic heterocycles. The molecule has 0 unspecified atom stereocenters. The summed E-state index contributed by atoms with van der Waals surface area (Å²) in [6, 6.07) is 12.6. The molecule has 0 bridgehead atoms. The van der Waals surface area contributed by atoms with Gasteiger partial charge in [0.25, 0.3) is 0 Å². The number of anilines is 1. The number of nitrogens with zero attached hydrogens (tertiary/aromatic N) is 1. The van der Waals surface area contributed by atoms with E-state index >= 15 is 0 Å². The van der Waals surface area contributed by atoms with Gasteiger partial charge >= 0.3 is 0 Å². The summed E-state index contributed by atoms with van der Waals surface area (Å²) in [4.78, 5) is 2.13. The molecule has 2 heteroatoms. The smallest absolute Gasteiger partial charge is 0.0721 e. The Morgan fingerprint density at radius 3 is 2.29 bits per heavy atom. The van der Waals surface area contributed by atoms with E-state index in [1.165, 1.54) is 16.5 Å². The second-order valence-corrected chi connectivity index (χ2v) is 4.11. The molecule has 2 aromatic carbocycles. The third kappa shape index (κ3) is 1.42. The van der Waals surface area contributed by atoms with Crippen molar-refractivity contribution in [1.82, 2.24) is 0 Å². The molecule has 2 aromatic rings. The van der Waals surface area contributed by atoms with Crippen LogP contribution in [0.3, 0.4) is 0 Å². The van der Waals surface area contributed by atoms with Gasteiger partial charge in [-0.3, -0.25) is 0 Å². The van der Waals surface area contributed by atoms with E-state index in [0.29, 0.717) is 0 Å². The molecule has 69 valence electrons. The zero-order valence-electron chi connectivity index (χ0n) is 8.41. The summed E-state index contributed by atoms with van der Waals surface area (Å²) in [7, 11) is 7.77. The lowest BCUT2D eigenvalue weighted by Crippen LogP contribution is -2.13. The maximum absolute atomic E-state index is 3.64. The summed E-state index contributed by atoms with van der Waals surface area (Å²) >= 11 is 0. The SMILES string of the molecule is CN(C)c1cccc2cccc([Si])c12. The maximum atomic E-state index is 3.64. The fourth-order valence-corrected chi connectivity index (χ4v) is 2.06. The number of fused-ring (bicyclic) bond motifs is 1. The summed E-state index contributed by atoms with van der Waals surface area (Å²) in [6.45, 7) is 0. The standard InChI is InChI=1S/C12H12NSi/c1-13(2)10-7-3-5-9-6-4-8-11(14)12(9)10/h3-8H,1-2H3. The molecule has 0 fully saturated rings. The van der Waals surface area contributed by atoms with Crippen LogP contribution in [-0.2, 0) is 0 Å². The molecule has 0 N–H and O–H groups in total. The Morgan fingerprint density at radius 1 is 1.00 bits per heavy atom. The van der Waals surface area contributed by atoms with E-state index in [2.05, 4.69) is 65.6 Å². The maximum Gasteiger partial charge on any atom is 0.0721 e. The van der Waals surface area contributed by atoms with E-state index in [-0.39, 0.29) is 0 Å². The lowest BCUT2D eigenvalue weighted by atomic mass is 10.1. The van der Waals surface area contributed by atoms with Crippen molar-refractivity contribution < 1.29 is 0 Å². The van der Waals surface area contributed by atoms with Crippen LogP contribution in [0, 0.1) is 0 Å². The number of hydrogen-bond acceptors (Lipinski definition) is 1. The first-order valence-corrected chi connectivity index (χ1v) is 5.11. The summed E-state index contributed by atoms with van der Waals surface area (Å²) < 4.78 is 0. The lowest BCUT2D eigenvalue weighted by Gasteiger charge is -2.16. The van der Waals surface area contributed by atoms with Gasteiger partial charge < -0.3 is 4.90 Å². The fraction of sp³-hybridized carbons (Fsp3) is 0.167. The molecule has 0 aliphatic rings. The van der Waals surface area contributed by atoms with Crippen molar-refractivity contribution in [3.8, 4) is 0 Å². The van der Waals surface area contributed by atoms with Gasteiger partial charge in [-0.1, -0.05) is 35.5 Å². The minimum Gasteiger partial charge on any atom is -0.377 e. The Hall–Kier alpha value is -1.28. The first kappa shape index (κ1) is 9.28. The molecule has 0 amide bonds. The van der Waals surface area contributed by atoms with Gasteiger partial charge in [0.2, 0.25) is 0 Å². The third-order valence-electron chi connectivity index (χ3n) is 2.36. The molecule has 0 heterocycles. The molecule has 0 spiro atoms. The molecule has 0 saturated heterocycles. The normalized spacial score (nSPS) is 10.5.